The minimum absolute atomic E-state index is 0.465. The van der Waals surface area contributed by atoms with Crippen molar-refractivity contribution < 1.29 is 0 Å². The quantitative estimate of drug-likeness (QED) is 0.770. The summed E-state index contributed by atoms with van der Waals surface area (Å²) in [7, 11) is 1.94. The van der Waals surface area contributed by atoms with Gasteiger partial charge in [0.05, 0.1) is 11.7 Å². The maximum atomic E-state index is 4.70. The van der Waals surface area contributed by atoms with Gasteiger partial charge in [-0.2, -0.15) is 0 Å². The standard InChI is InChI=1S/C13H15N7S/c1-14-8-10-12(15-11-4-2-3-7-19(10)11)21-13-16-17-18-20(13)9-5-6-9/h2-4,7,9,14H,5-6,8H2,1H3. The van der Waals surface area contributed by atoms with E-state index < -0.39 is 0 Å². The highest BCUT2D eigenvalue weighted by molar-refractivity contribution is 7.99. The highest BCUT2D eigenvalue weighted by atomic mass is 32.2. The van der Waals surface area contributed by atoms with Crippen molar-refractivity contribution in [3.05, 3.63) is 30.1 Å². The Morgan fingerprint density at radius 3 is 3.10 bits per heavy atom. The van der Waals surface area contributed by atoms with Crippen molar-refractivity contribution in [2.24, 2.45) is 0 Å². The summed E-state index contributed by atoms with van der Waals surface area (Å²) in [4.78, 5) is 4.70. The Hall–Kier alpha value is -1.93. The van der Waals surface area contributed by atoms with Crippen molar-refractivity contribution in [2.45, 2.75) is 35.6 Å². The number of nitrogens with zero attached hydrogens (tertiary/aromatic N) is 6. The fourth-order valence-corrected chi connectivity index (χ4v) is 3.28. The summed E-state index contributed by atoms with van der Waals surface area (Å²) in [6.45, 7) is 0.749. The molecule has 0 atom stereocenters. The topological polar surface area (TPSA) is 72.9 Å². The molecule has 1 N–H and O–H groups in total. The molecule has 108 valence electrons. The van der Waals surface area contributed by atoms with Crippen molar-refractivity contribution in [2.75, 3.05) is 7.05 Å². The maximum Gasteiger partial charge on any atom is 0.215 e. The first kappa shape index (κ1) is 12.8. The highest BCUT2D eigenvalue weighted by Crippen LogP contribution is 2.38. The number of tetrazole rings is 1. The zero-order valence-electron chi connectivity index (χ0n) is 11.6. The van der Waals surface area contributed by atoms with Gasteiger partial charge in [-0.3, -0.25) is 0 Å². The second kappa shape index (κ2) is 5.12. The molecule has 21 heavy (non-hydrogen) atoms. The third-order valence-corrected chi connectivity index (χ3v) is 4.45. The molecule has 0 radical (unpaired) electrons. The van der Waals surface area contributed by atoms with Gasteiger partial charge in [-0.25, -0.2) is 9.67 Å². The van der Waals surface area contributed by atoms with Gasteiger partial charge in [0.2, 0.25) is 5.16 Å². The van der Waals surface area contributed by atoms with Crippen LogP contribution in [0, 0.1) is 0 Å². The van der Waals surface area contributed by atoms with Crippen molar-refractivity contribution >= 4 is 17.4 Å². The lowest BCUT2D eigenvalue weighted by Gasteiger charge is -2.04. The van der Waals surface area contributed by atoms with Gasteiger partial charge < -0.3 is 9.72 Å². The monoisotopic (exact) mass is 301 g/mol. The lowest BCUT2D eigenvalue weighted by Crippen LogP contribution is -2.08. The Morgan fingerprint density at radius 1 is 1.38 bits per heavy atom. The number of rotatable bonds is 5. The first-order valence-electron chi connectivity index (χ1n) is 6.93. The van der Waals surface area contributed by atoms with Gasteiger partial charge in [-0.15, -0.1) is 5.10 Å². The normalized spacial score (nSPS) is 14.9. The lowest BCUT2D eigenvalue weighted by atomic mass is 10.4. The van der Waals surface area contributed by atoms with E-state index in [4.69, 9.17) is 4.98 Å². The van der Waals surface area contributed by atoms with Gasteiger partial charge in [0.1, 0.15) is 10.7 Å². The van der Waals surface area contributed by atoms with Gasteiger partial charge in [0.15, 0.2) is 0 Å². The largest absolute Gasteiger partial charge is 0.314 e. The van der Waals surface area contributed by atoms with Crippen LogP contribution in [0.1, 0.15) is 24.6 Å². The first-order valence-corrected chi connectivity index (χ1v) is 7.75. The molecule has 0 aliphatic heterocycles. The number of aromatic nitrogens is 6. The Balaban J connectivity index is 1.75. The third kappa shape index (κ3) is 2.30. The molecule has 3 aromatic heterocycles. The molecular weight excluding hydrogens is 286 g/mol. The molecule has 3 aromatic rings. The highest BCUT2D eigenvalue weighted by Gasteiger charge is 2.28. The van der Waals surface area contributed by atoms with Crippen molar-refractivity contribution in [3.63, 3.8) is 0 Å². The van der Waals surface area contributed by atoms with Crippen molar-refractivity contribution in [1.82, 2.24) is 34.9 Å². The Labute approximate surface area is 125 Å². The Kier molecular flexibility index (Phi) is 3.12. The second-order valence-corrected chi connectivity index (χ2v) is 6.02. The molecule has 0 spiro atoms. The van der Waals surface area contributed by atoms with Crippen LogP contribution in [0.25, 0.3) is 5.65 Å². The Morgan fingerprint density at radius 2 is 2.29 bits per heavy atom. The summed E-state index contributed by atoms with van der Waals surface area (Å²) in [6.07, 6.45) is 4.35. The van der Waals surface area contributed by atoms with Crippen LogP contribution in [-0.4, -0.2) is 36.6 Å². The zero-order valence-corrected chi connectivity index (χ0v) is 12.4. The van der Waals surface area contributed by atoms with Crippen LogP contribution in [0.2, 0.25) is 0 Å². The summed E-state index contributed by atoms with van der Waals surface area (Å²) in [6, 6.07) is 6.48. The molecule has 7 nitrogen and oxygen atoms in total. The van der Waals surface area contributed by atoms with Gasteiger partial charge in [-0.1, -0.05) is 6.07 Å². The molecule has 3 heterocycles. The molecule has 1 saturated carbocycles. The lowest BCUT2D eigenvalue weighted by molar-refractivity contribution is 0.565. The molecule has 0 bridgehead atoms. The van der Waals surface area contributed by atoms with Crippen LogP contribution >= 0.6 is 11.8 Å². The minimum atomic E-state index is 0.465. The molecule has 1 fully saturated rings. The second-order valence-electron chi connectivity index (χ2n) is 5.06. The summed E-state index contributed by atoms with van der Waals surface area (Å²) in [5, 5.41) is 17.0. The number of imidazole rings is 1. The third-order valence-electron chi connectivity index (χ3n) is 3.48. The molecule has 0 amide bonds. The maximum absolute atomic E-state index is 4.70. The van der Waals surface area contributed by atoms with Crippen LogP contribution in [-0.2, 0) is 6.54 Å². The van der Waals surface area contributed by atoms with Crippen molar-refractivity contribution in [3.8, 4) is 0 Å². The fraction of sp³-hybridized carbons (Fsp3) is 0.385. The predicted octanol–water partition coefficient (Wildman–Crippen LogP) is 1.53. The van der Waals surface area contributed by atoms with Crippen LogP contribution < -0.4 is 5.32 Å². The van der Waals surface area contributed by atoms with E-state index in [1.54, 1.807) is 0 Å². The Bertz CT molecular complexity index is 774. The number of fused-ring (bicyclic) bond motifs is 1. The average Bonchev–Trinajstić information content (AvgIpc) is 3.15. The van der Waals surface area contributed by atoms with E-state index in [1.807, 2.05) is 36.1 Å². The number of hydrogen-bond donors (Lipinski definition) is 1. The van der Waals surface area contributed by atoms with E-state index in [9.17, 15) is 0 Å². The molecular formula is C13H15N7S. The van der Waals surface area contributed by atoms with Crippen LogP contribution in [0.3, 0.4) is 0 Å². The summed E-state index contributed by atoms with van der Waals surface area (Å²) < 4.78 is 4.02. The van der Waals surface area contributed by atoms with Crippen LogP contribution in [0.15, 0.2) is 34.6 Å². The SMILES string of the molecule is CNCc1c(Sc2nnnn2C2CC2)nc2ccccn12. The van der Waals surface area contributed by atoms with Crippen LogP contribution in [0.4, 0.5) is 0 Å². The van der Waals surface area contributed by atoms with Gasteiger partial charge in [0.25, 0.3) is 0 Å². The minimum Gasteiger partial charge on any atom is -0.314 e. The fourth-order valence-electron chi connectivity index (χ4n) is 2.32. The molecule has 0 unspecified atom stereocenters. The first-order chi connectivity index (χ1) is 10.4. The number of nitrogens with one attached hydrogen (secondary N) is 1. The van der Waals surface area contributed by atoms with E-state index in [0.29, 0.717) is 6.04 Å². The molecule has 8 heteroatoms. The number of hydrogen-bond acceptors (Lipinski definition) is 6. The van der Waals surface area contributed by atoms with E-state index in [1.165, 1.54) is 11.8 Å². The molecule has 0 saturated heterocycles. The number of pyridine rings is 1. The van der Waals surface area contributed by atoms with E-state index in [-0.39, 0.29) is 0 Å². The molecule has 4 rings (SSSR count). The van der Waals surface area contributed by atoms with Crippen LogP contribution in [0.5, 0.6) is 0 Å². The molecule has 1 aliphatic rings. The average molecular weight is 301 g/mol. The summed E-state index contributed by atoms with van der Waals surface area (Å²) in [5.74, 6) is 0. The predicted molar refractivity (Wildman–Crippen MR) is 78.2 cm³/mol. The summed E-state index contributed by atoms with van der Waals surface area (Å²) >= 11 is 1.54. The van der Waals surface area contributed by atoms with Gasteiger partial charge in [0, 0.05) is 12.7 Å². The molecule has 0 aromatic carbocycles. The van der Waals surface area contributed by atoms with E-state index in [2.05, 4.69) is 25.2 Å². The molecule has 1 aliphatic carbocycles. The zero-order chi connectivity index (χ0) is 14.2. The summed E-state index contributed by atoms with van der Waals surface area (Å²) in [5.41, 5.74) is 2.07. The van der Waals surface area contributed by atoms with Gasteiger partial charge >= 0.3 is 0 Å². The smallest absolute Gasteiger partial charge is 0.215 e. The van der Waals surface area contributed by atoms with Crippen molar-refractivity contribution in [1.29, 1.82) is 0 Å². The van der Waals surface area contributed by atoms with E-state index >= 15 is 0 Å². The van der Waals surface area contributed by atoms with Gasteiger partial charge in [-0.05, 0) is 54.2 Å². The van der Waals surface area contributed by atoms with E-state index in [0.717, 1.165) is 40.9 Å².